The number of amides is 1. The minimum atomic E-state index is -0.473. The molecule has 0 saturated heterocycles. The van der Waals surface area contributed by atoms with Gasteiger partial charge in [-0.15, -0.1) is 0 Å². The number of nitrogens with one attached hydrogen (secondary N) is 1. The fourth-order valence-corrected chi connectivity index (χ4v) is 3.14. The molecule has 1 aliphatic heterocycles. The van der Waals surface area contributed by atoms with Gasteiger partial charge >= 0.3 is 0 Å². The Morgan fingerprint density at radius 1 is 1.33 bits per heavy atom. The van der Waals surface area contributed by atoms with Crippen LogP contribution in [-0.2, 0) is 24.4 Å². The van der Waals surface area contributed by atoms with Gasteiger partial charge < -0.3 is 5.32 Å². The first-order valence-electron chi connectivity index (χ1n) is 7.44. The van der Waals surface area contributed by atoms with Crippen molar-refractivity contribution >= 4 is 29.1 Å². The number of carbonyl (C=O) groups excluding carboxylic acids is 1. The molecule has 0 saturated carbocycles. The molecule has 1 aliphatic rings. The third-order valence-corrected chi connectivity index (χ3v) is 4.90. The Balaban J connectivity index is 1.94. The highest BCUT2D eigenvalue weighted by Gasteiger charge is 2.31. The highest BCUT2D eigenvalue weighted by Crippen LogP contribution is 2.24. The molecule has 1 aromatic heterocycles. The van der Waals surface area contributed by atoms with Gasteiger partial charge in [0.1, 0.15) is 5.02 Å². The van der Waals surface area contributed by atoms with Gasteiger partial charge in [-0.1, -0.05) is 47.5 Å². The third kappa shape index (κ3) is 3.17. The fraction of sp³-hybridized carbons (Fsp3) is 0.312. The van der Waals surface area contributed by atoms with Crippen molar-refractivity contribution in [3.8, 4) is 0 Å². The summed E-state index contributed by atoms with van der Waals surface area (Å²) in [5, 5.41) is 6.75. The van der Waals surface area contributed by atoms with Crippen LogP contribution in [0.3, 0.4) is 0 Å². The van der Waals surface area contributed by atoms with E-state index in [1.807, 2.05) is 29.2 Å². The van der Waals surface area contributed by atoms with E-state index < -0.39 is 5.56 Å². The zero-order chi connectivity index (χ0) is 17.3. The number of halogens is 2. The molecule has 1 N–H and O–H groups in total. The molecule has 1 amide bonds. The monoisotopic (exact) mass is 366 g/mol. The number of likely N-dealkylation sites (N-methyl/N-ethyl adjacent to an activating group) is 1. The maximum Gasteiger partial charge on any atom is 0.288 e. The van der Waals surface area contributed by atoms with Gasteiger partial charge in [0, 0.05) is 13.6 Å². The van der Waals surface area contributed by atoms with Gasteiger partial charge in [0.2, 0.25) is 5.91 Å². The van der Waals surface area contributed by atoms with E-state index in [0.29, 0.717) is 13.0 Å². The summed E-state index contributed by atoms with van der Waals surface area (Å²) in [5.41, 5.74) is 1.79. The zero-order valence-electron chi connectivity index (χ0n) is 13.0. The van der Waals surface area contributed by atoms with Crippen molar-refractivity contribution in [2.75, 3.05) is 7.05 Å². The number of benzene rings is 1. The molecule has 2 aromatic rings. The van der Waals surface area contributed by atoms with Crippen molar-refractivity contribution in [1.82, 2.24) is 20.0 Å². The second kappa shape index (κ2) is 6.93. The maximum absolute atomic E-state index is 12.3. The zero-order valence-corrected chi connectivity index (χ0v) is 14.5. The standard InChI is InChI=1S/C16H16Cl2N4O2/c1-19-15(23)13-6-10-4-2-3-5-11(10)8-21(13)9-22-16(24)14(18)12(17)7-20-22/h2-5,7,13H,6,8-9H2,1H3,(H,19,23)/t13-/m1/s1. The number of hydrogen-bond donors (Lipinski definition) is 1. The van der Waals surface area contributed by atoms with E-state index in [1.54, 1.807) is 7.05 Å². The second-order valence-corrected chi connectivity index (χ2v) is 6.39. The molecule has 0 bridgehead atoms. The predicted molar refractivity (Wildman–Crippen MR) is 92.1 cm³/mol. The minimum Gasteiger partial charge on any atom is -0.358 e. The van der Waals surface area contributed by atoms with Crippen LogP contribution in [0.4, 0.5) is 0 Å². The highest BCUT2D eigenvalue weighted by molar-refractivity contribution is 6.41. The van der Waals surface area contributed by atoms with Crippen LogP contribution in [0, 0.1) is 0 Å². The molecule has 0 unspecified atom stereocenters. The number of hydrogen-bond acceptors (Lipinski definition) is 4. The maximum atomic E-state index is 12.3. The lowest BCUT2D eigenvalue weighted by atomic mass is 9.94. The Bertz CT molecular complexity index is 837. The summed E-state index contributed by atoms with van der Waals surface area (Å²) in [6.07, 6.45) is 1.91. The Morgan fingerprint density at radius 3 is 2.75 bits per heavy atom. The van der Waals surface area contributed by atoms with Gasteiger partial charge in [0.15, 0.2) is 0 Å². The molecule has 24 heavy (non-hydrogen) atoms. The molecule has 0 spiro atoms. The van der Waals surface area contributed by atoms with Gasteiger partial charge in [0.25, 0.3) is 5.56 Å². The van der Waals surface area contributed by atoms with E-state index in [2.05, 4.69) is 10.4 Å². The lowest BCUT2D eigenvalue weighted by molar-refractivity contribution is -0.127. The van der Waals surface area contributed by atoms with Crippen molar-refractivity contribution in [2.45, 2.75) is 25.7 Å². The van der Waals surface area contributed by atoms with Gasteiger partial charge in [-0.3, -0.25) is 14.5 Å². The van der Waals surface area contributed by atoms with Gasteiger partial charge in [-0.25, -0.2) is 4.68 Å². The molecule has 1 aromatic carbocycles. The first kappa shape index (κ1) is 17.0. The van der Waals surface area contributed by atoms with Crippen LogP contribution in [0.5, 0.6) is 0 Å². The number of carbonyl (C=O) groups is 1. The van der Waals surface area contributed by atoms with Crippen LogP contribution in [0.25, 0.3) is 0 Å². The van der Waals surface area contributed by atoms with Crippen LogP contribution in [0.2, 0.25) is 10.0 Å². The molecule has 3 rings (SSSR count). The van der Waals surface area contributed by atoms with Crippen LogP contribution in [0.15, 0.2) is 35.3 Å². The first-order chi connectivity index (χ1) is 11.5. The minimum absolute atomic E-state index is 0.0689. The summed E-state index contributed by atoms with van der Waals surface area (Å²) in [7, 11) is 1.60. The van der Waals surface area contributed by atoms with E-state index in [0.717, 1.165) is 11.1 Å². The van der Waals surface area contributed by atoms with E-state index in [-0.39, 0.29) is 28.7 Å². The third-order valence-electron chi connectivity index (χ3n) is 4.15. The Morgan fingerprint density at radius 2 is 2.04 bits per heavy atom. The Hall–Kier alpha value is -1.89. The SMILES string of the molecule is CNC(=O)[C@H]1Cc2ccccc2CN1Cn1ncc(Cl)c(Cl)c1=O. The molecular weight excluding hydrogens is 351 g/mol. The summed E-state index contributed by atoms with van der Waals surface area (Å²) in [4.78, 5) is 26.4. The fourth-order valence-electron chi connectivity index (χ4n) is 2.87. The van der Waals surface area contributed by atoms with Crippen LogP contribution < -0.4 is 10.9 Å². The summed E-state index contributed by atoms with van der Waals surface area (Å²) in [5.74, 6) is -0.0994. The number of nitrogens with zero attached hydrogens (tertiary/aromatic N) is 3. The molecule has 0 fully saturated rings. The van der Waals surface area contributed by atoms with Gasteiger partial charge in [-0.2, -0.15) is 5.10 Å². The quantitative estimate of drug-likeness (QED) is 0.897. The number of fused-ring (bicyclic) bond motifs is 1. The van der Waals surface area contributed by atoms with E-state index in [1.165, 1.54) is 10.9 Å². The molecule has 126 valence electrons. The predicted octanol–water partition coefficient (Wildman–Crippen LogP) is 1.68. The lowest BCUT2D eigenvalue weighted by Gasteiger charge is -2.35. The van der Waals surface area contributed by atoms with E-state index >= 15 is 0 Å². The van der Waals surface area contributed by atoms with E-state index in [4.69, 9.17) is 23.2 Å². The van der Waals surface area contributed by atoms with Crippen LogP contribution in [0.1, 0.15) is 11.1 Å². The summed E-state index contributed by atoms with van der Waals surface area (Å²) in [6.45, 7) is 0.699. The molecule has 0 radical (unpaired) electrons. The Kier molecular flexibility index (Phi) is 4.89. The van der Waals surface area contributed by atoms with Gasteiger partial charge in [0.05, 0.1) is 23.9 Å². The lowest BCUT2D eigenvalue weighted by Crippen LogP contribution is -2.51. The number of rotatable bonds is 3. The smallest absolute Gasteiger partial charge is 0.288 e. The molecular formula is C16H16Cl2N4O2. The summed E-state index contributed by atoms with van der Waals surface area (Å²) >= 11 is 11.7. The van der Waals surface area contributed by atoms with Crippen molar-refractivity contribution < 1.29 is 4.79 Å². The molecule has 8 heteroatoms. The largest absolute Gasteiger partial charge is 0.358 e. The van der Waals surface area contributed by atoms with Crippen LogP contribution in [-0.4, -0.2) is 33.7 Å². The number of aromatic nitrogens is 2. The average Bonchev–Trinajstić information content (AvgIpc) is 2.61. The Labute approximate surface area is 149 Å². The van der Waals surface area contributed by atoms with Crippen LogP contribution >= 0.6 is 23.2 Å². The van der Waals surface area contributed by atoms with Crippen molar-refractivity contribution in [2.24, 2.45) is 0 Å². The van der Waals surface area contributed by atoms with Gasteiger partial charge in [-0.05, 0) is 17.5 Å². The van der Waals surface area contributed by atoms with E-state index in [9.17, 15) is 9.59 Å². The molecule has 1 atom stereocenters. The topological polar surface area (TPSA) is 67.2 Å². The molecule has 0 aliphatic carbocycles. The molecule has 2 heterocycles. The summed E-state index contributed by atoms with van der Waals surface area (Å²) < 4.78 is 1.22. The van der Waals surface area contributed by atoms with Crippen molar-refractivity contribution in [3.05, 3.63) is 62.0 Å². The second-order valence-electron chi connectivity index (χ2n) is 5.60. The normalized spacial score (nSPS) is 17.4. The highest BCUT2D eigenvalue weighted by atomic mass is 35.5. The average molecular weight is 367 g/mol. The summed E-state index contributed by atoms with van der Waals surface area (Å²) in [6, 6.07) is 7.58. The van der Waals surface area contributed by atoms with Crippen molar-refractivity contribution in [1.29, 1.82) is 0 Å². The first-order valence-corrected chi connectivity index (χ1v) is 8.20. The van der Waals surface area contributed by atoms with Crippen molar-refractivity contribution in [3.63, 3.8) is 0 Å². The molecule has 6 nitrogen and oxygen atoms in total.